The molecule has 3 aliphatic heterocycles. The predicted molar refractivity (Wildman–Crippen MR) is 166 cm³/mol. The molecule has 3 saturated heterocycles. The van der Waals surface area contributed by atoms with E-state index in [1.165, 1.54) is 31.9 Å². The van der Waals surface area contributed by atoms with Gasteiger partial charge < -0.3 is 20.2 Å². The van der Waals surface area contributed by atoms with E-state index in [9.17, 15) is 9.90 Å². The van der Waals surface area contributed by atoms with Crippen molar-refractivity contribution in [1.29, 1.82) is 0 Å². The van der Waals surface area contributed by atoms with Crippen LogP contribution in [0.15, 0.2) is 60.0 Å². The second-order valence-electron chi connectivity index (χ2n) is 12.6. The molecule has 4 aromatic rings. The van der Waals surface area contributed by atoms with Crippen molar-refractivity contribution in [2.75, 3.05) is 56.5 Å². The van der Waals surface area contributed by atoms with Crippen LogP contribution in [0.4, 0.5) is 17.3 Å². The van der Waals surface area contributed by atoms with Crippen LogP contribution in [0.25, 0.3) is 16.9 Å². The predicted octanol–water partition coefficient (Wildman–Crippen LogP) is 2.57. The second kappa shape index (κ2) is 10.3. The second-order valence-corrected chi connectivity index (χ2v) is 12.6. The number of anilines is 3. The molecule has 6 heterocycles. The van der Waals surface area contributed by atoms with Crippen LogP contribution in [0.1, 0.15) is 23.8 Å². The van der Waals surface area contributed by atoms with E-state index in [4.69, 9.17) is 9.97 Å². The van der Waals surface area contributed by atoms with Gasteiger partial charge in [0.15, 0.2) is 11.5 Å². The van der Waals surface area contributed by atoms with Crippen LogP contribution in [0.5, 0.6) is 0 Å². The van der Waals surface area contributed by atoms with Gasteiger partial charge in [-0.3, -0.25) is 9.69 Å². The van der Waals surface area contributed by atoms with E-state index >= 15 is 0 Å². The van der Waals surface area contributed by atoms with Crippen molar-refractivity contribution in [1.82, 2.24) is 34.1 Å². The molecule has 3 fully saturated rings. The lowest BCUT2D eigenvalue weighted by Gasteiger charge is -2.42. The fourth-order valence-corrected chi connectivity index (χ4v) is 7.47. The molecular weight excluding hydrogens is 542 g/mol. The number of allylic oxidation sites excluding steroid dienone is 1. The van der Waals surface area contributed by atoms with Crippen molar-refractivity contribution in [3.8, 4) is 5.82 Å². The summed E-state index contributed by atoms with van der Waals surface area (Å²) >= 11 is 0. The summed E-state index contributed by atoms with van der Waals surface area (Å²) in [5.41, 5.74) is 4.05. The minimum absolute atomic E-state index is 0.216. The van der Waals surface area contributed by atoms with Gasteiger partial charge in [-0.25, -0.2) is 19.3 Å². The summed E-state index contributed by atoms with van der Waals surface area (Å²) < 4.78 is 3.26. The molecule has 1 aromatic carbocycles. The van der Waals surface area contributed by atoms with Crippen LogP contribution in [-0.4, -0.2) is 91.6 Å². The maximum absolute atomic E-state index is 13.3. The summed E-state index contributed by atoms with van der Waals surface area (Å²) in [4.78, 5) is 34.9. The molecule has 1 aliphatic carbocycles. The Morgan fingerprint density at radius 3 is 2.51 bits per heavy atom. The lowest BCUT2D eigenvalue weighted by molar-refractivity contribution is 0.0646. The molecule has 0 amide bonds. The summed E-state index contributed by atoms with van der Waals surface area (Å²) in [6.45, 7) is 11.2. The number of aliphatic hydroxyl groups is 1. The molecule has 3 atom stereocenters. The number of aryl methyl sites for hydroxylation is 1. The highest BCUT2D eigenvalue weighted by atomic mass is 16.3. The van der Waals surface area contributed by atoms with Crippen molar-refractivity contribution in [2.24, 2.45) is 11.8 Å². The van der Waals surface area contributed by atoms with Gasteiger partial charge in [-0.15, -0.1) is 6.58 Å². The normalized spacial score (nSPS) is 24.0. The van der Waals surface area contributed by atoms with E-state index in [-0.39, 0.29) is 12.1 Å². The molecular formula is C32H37N9O2. The molecule has 3 unspecified atom stereocenters. The Bertz CT molecular complexity index is 1740. The lowest BCUT2D eigenvalue weighted by atomic mass is 10.0. The molecule has 0 spiro atoms. The van der Waals surface area contributed by atoms with Crippen molar-refractivity contribution in [2.45, 2.75) is 31.5 Å². The van der Waals surface area contributed by atoms with E-state index in [0.717, 1.165) is 48.6 Å². The first-order chi connectivity index (χ1) is 20.9. The molecule has 0 bridgehead atoms. The average Bonchev–Trinajstić information content (AvgIpc) is 3.74. The van der Waals surface area contributed by atoms with Gasteiger partial charge in [0.2, 0.25) is 5.95 Å². The fourth-order valence-electron chi connectivity index (χ4n) is 7.47. The Balaban J connectivity index is 1.02. The van der Waals surface area contributed by atoms with Crippen molar-refractivity contribution in [3.63, 3.8) is 0 Å². The third kappa shape index (κ3) is 4.54. The molecule has 8 rings (SSSR count). The number of fused-ring (bicyclic) bond motifs is 3. The Hall–Kier alpha value is -4.06. The Labute approximate surface area is 250 Å². The molecule has 222 valence electrons. The number of nitrogens with one attached hydrogen (secondary N) is 1. The number of likely N-dealkylation sites (N-methyl/N-ethyl adjacent to an activating group) is 1. The largest absolute Gasteiger partial charge is 0.387 e. The van der Waals surface area contributed by atoms with Crippen LogP contribution in [0.2, 0.25) is 0 Å². The lowest BCUT2D eigenvalue weighted by Crippen LogP contribution is -2.57. The van der Waals surface area contributed by atoms with Crippen LogP contribution in [0, 0.1) is 11.8 Å². The zero-order valence-electron chi connectivity index (χ0n) is 24.4. The first kappa shape index (κ1) is 26.6. The fraction of sp³-hybridized carbons (Fsp3) is 0.438. The van der Waals surface area contributed by atoms with Crippen molar-refractivity contribution < 1.29 is 5.11 Å². The number of hydrogen-bond donors (Lipinski definition) is 2. The Morgan fingerprint density at radius 1 is 1.02 bits per heavy atom. The van der Waals surface area contributed by atoms with Gasteiger partial charge >= 0.3 is 0 Å². The summed E-state index contributed by atoms with van der Waals surface area (Å²) in [6, 6.07) is 13.1. The highest BCUT2D eigenvalue weighted by Gasteiger charge is 2.44. The summed E-state index contributed by atoms with van der Waals surface area (Å²) in [5, 5.41) is 14.2. The maximum Gasteiger partial charge on any atom is 0.278 e. The molecule has 0 radical (unpaired) electrons. The van der Waals surface area contributed by atoms with E-state index in [2.05, 4.69) is 62.9 Å². The van der Waals surface area contributed by atoms with Gasteiger partial charge in [-0.2, -0.15) is 4.98 Å². The van der Waals surface area contributed by atoms with Gasteiger partial charge in [-0.1, -0.05) is 12.1 Å². The highest BCUT2D eigenvalue weighted by molar-refractivity contribution is 5.77. The van der Waals surface area contributed by atoms with Crippen molar-refractivity contribution >= 4 is 28.4 Å². The monoisotopic (exact) mass is 579 g/mol. The van der Waals surface area contributed by atoms with E-state index in [1.807, 2.05) is 12.1 Å². The summed E-state index contributed by atoms with van der Waals surface area (Å²) in [7, 11) is 2.21. The zero-order chi connectivity index (χ0) is 29.2. The van der Waals surface area contributed by atoms with Crippen LogP contribution >= 0.6 is 0 Å². The summed E-state index contributed by atoms with van der Waals surface area (Å²) in [5.74, 6) is 2.42. The van der Waals surface area contributed by atoms with Gasteiger partial charge in [0.05, 0.1) is 18.3 Å². The average molecular weight is 580 g/mol. The number of aliphatic hydroxyl groups excluding tert-OH is 1. The maximum atomic E-state index is 13.3. The molecule has 11 nitrogen and oxygen atoms in total. The SMILES string of the molecule is C=CCn1c(=O)c2cnc(Nc3ccc(N4CC5CN(C6CN(C)C6)CC5C4)cc3)nc2n1-c1ccc2c(n1)C(O)CC2. The number of likely N-dealkylation sites (tertiary alicyclic amines) is 2. The quantitative estimate of drug-likeness (QED) is 0.320. The van der Waals surface area contributed by atoms with Crippen LogP contribution in [0.3, 0.4) is 0 Å². The Morgan fingerprint density at radius 2 is 1.79 bits per heavy atom. The van der Waals surface area contributed by atoms with Gasteiger partial charge in [0, 0.05) is 62.9 Å². The minimum atomic E-state index is -0.601. The third-order valence-corrected chi connectivity index (χ3v) is 9.76. The molecule has 2 N–H and O–H groups in total. The first-order valence-electron chi connectivity index (χ1n) is 15.3. The number of hydrogen-bond acceptors (Lipinski definition) is 9. The van der Waals surface area contributed by atoms with Crippen LogP contribution < -0.4 is 15.8 Å². The van der Waals surface area contributed by atoms with Crippen LogP contribution in [-0.2, 0) is 13.0 Å². The first-order valence-corrected chi connectivity index (χ1v) is 15.3. The van der Waals surface area contributed by atoms with E-state index in [0.29, 0.717) is 34.9 Å². The third-order valence-electron chi connectivity index (χ3n) is 9.76. The van der Waals surface area contributed by atoms with Gasteiger partial charge in [-0.05, 0) is 67.6 Å². The Kier molecular flexibility index (Phi) is 6.35. The molecule has 3 aromatic heterocycles. The smallest absolute Gasteiger partial charge is 0.278 e. The number of rotatable bonds is 7. The number of benzene rings is 1. The number of pyridine rings is 1. The topological polar surface area (TPSA) is 108 Å². The van der Waals surface area contributed by atoms with E-state index < -0.39 is 6.10 Å². The van der Waals surface area contributed by atoms with Crippen molar-refractivity contribution in [3.05, 3.63) is 76.9 Å². The molecule has 43 heavy (non-hydrogen) atoms. The van der Waals surface area contributed by atoms with Gasteiger partial charge in [0.25, 0.3) is 5.56 Å². The number of aromatic nitrogens is 5. The minimum Gasteiger partial charge on any atom is -0.387 e. The van der Waals surface area contributed by atoms with Gasteiger partial charge in [0.1, 0.15) is 5.39 Å². The standard InChI is InChI=1S/C32H37N9O2/c1-3-12-40-31(43)26-13-33-32(36-30(26)41(40)28-11-5-20-4-10-27(42)29(20)35-28)34-23-6-8-24(9-7-23)38-14-21-16-39(17-22(21)15-38)25-18-37(2)19-25/h3,5-9,11,13,21-22,25,27,42H,1,4,10,12,14-19H2,2H3,(H,33,34,36). The zero-order valence-corrected chi connectivity index (χ0v) is 24.4. The number of nitrogens with zero attached hydrogens (tertiary/aromatic N) is 8. The van der Waals surface area contributed by atoms with E-state index in [1.54, 1.807) is 21.6 Å². The summed E-state index contributed by atoms with van der Waals surface area (Å²) in [6.07, 6.45) is 4.08. The highest BCUT2D eigenvalue weighted by Crippen LogP contribution is 2.36. The molecule has 4 aliphatic rings. The molecule has 0 saturated carbocycles. The molecule has 11 heteroatoms.